The van der Waals surface area contributed by atoms with E-state index in [4.69, 9.17) is 5.26 Å². The number of rotatable bonds is 4. The lowest BCUT2D eigenvalue weighted by Crippen LogP contribution is -2.33. The molecule has 0 amide bonds. The summed E-state index contributed by atoms with van der Waals surface area (Å²) in [5.41, 5.74) is 1.97. The summed E-state index contributed by atoms with van der Waals surface area (Å²) in [4.78, 5) is 0. The fourth-order valence-corrected chi connectivity index (χ4v) is 2.86. The minimum Gasteiger partial charge on any atom is -0.310 e. The van der Waals surface area contributed by atoms with E-state index in [0.717, 1.165) is 18.0 Å². The standard InChI is InChI=1S/C16H22N2/c1-2-13-5-4-8-16(10-13)18-12-15-7-3-6-14(9-15)11-17/h3,6-7,9,13,16,18H,2,4-5,8,10,12H2,1H3. The molecule has 1 aromatic carbocycles. The molecule has 2 atom stereocenters. The highest BCUT2D eigenvalue weighted by Crippen LogP contribution is 2.26. The Morgan fingerprint density at radius 3 is 3.06 bits per heavy atom. The summed E-state index contributed by atoms with van der Waals surface area (Å²) in [6.07, 6.45) is 6.68. The van der Waals surface area contributed by atoms with E-state index < -0.39 is 0 Å². The average Bonchev–Trinajstić information content (AvgIpc) is 2.45. The van der Waals surface area contributed by atoms with Crippen LogP contribution in [-0.4, -0.2) is 6.04 Å². The van der Waals surface area contributed by atoms with Crippen LogP contribution in [0.5, 0.6) is 0 Å². The van der Waals surface area contributed by atoms with Gasteiger partial charge in [-0.1, -0.05) is 38.3 Å². The summed E-state index contributed by atoms with van der Waals surface area (Å²) < 4.78 is 0. The van der Waals surface area contributed by atoms with Gasteiger partial charge in [0.1, 0.15) is 0 Å². The van der Waals surface area contributed by atoms with Crippen molar-refractivity contribution in [1.29, 1.82) is 5.26 Å². The van der Waals surface area contributed by atoms with Gasteiger partial charge in [-0.15, -0.1) is 0 Å². The Morgan fingerprint density at radius 2 is 2.28 bits per heavy atom. The Morgan fingerprint density at radius 1 is 1.39 bits per heavy atom. The molecule has 0 heterocycles. The van der Waals surface area contributed by atoms with E-state index in [0.29, 0.717) is 6.04 Å². The Kier molecular flexibility index (Phi) is 4.78. The van der Waals surface area contributed by atoms with Gasteiger partial charge in [0.05, 0.1) is 11.6 Å². The molecule has 0 saturated heterocycles. The Balaban J connectivity index is 1.85. The smallest absolute Gasteiger partial charge is 0.0991 e. The lowest BCUT2D eigenvalue weighted by Gasteiger charge is -2.29. The molecule has 0 aliphatic heterocycles. The van der Waals surface area contributed by atoms with Crippen molar-refractivity contribution in [2.45, 2.75) is 51.6 Å². The summed E-state index contributed by atoms with van der Waals surface area (Å²) >= 11 is 0. The molecule has 1 fully saturated rings. The van der Waals surface area contributed by atoms with E-state index >= 15 is 0 Å². The maximum Gasteiger partial charge on any atom is 0.0991 e. The van der Waals surface area contributed by atoms with Crippen LogP contribution in [0.25, 0.3) is 0 Å². The van der Waals surface area contributed by atoms with Crippen LogP contribution in [0.3, 0.4) is 0 Å². The van der Waals surface area contributed by atoms with Gasteiger partial charge in [0, 0.05) is 12.6 Å². The predicted octanol–water partition coefficient (Wildman–Crippen LogP) is 3.62. The van der Waals surface area contributed by atoms with Crippen LogP contribution in [-0.2, 0) is 6.54 Å². The van der Waals surface area contributed by atoms with Gasteiger partial charge in [0.2, 0.25) is 0 Å². The zero-order chi connectivity index (χ0) is 12.8. The van der Waals surface area contributed by atoms with Crippen molar-refractivity contribution in [2.24, 2.45) is 5.92 Å². The number of nitrogens with one attached hydrogen (secondary N) is 1. The Labute approximate surface area is 110 Å². The molecule has 18 heavy (non-hydrogen) atoms. The molecular weight excluding hydrogens is 220 g/mol. The van der Waals surface area contributed by atoms with E-state index in [9.17, 15) is 0 Å². The minimum atomic E-state index is 0.662. The average molecular weight is 242 g/mol. The van der Waals surface area contributed by atoms with Crippen molar-refractivity contribution in [1.82, 2.24) is 5.32 Å². The molecule has 96 valence electrons. The van der Waals surface area contributed by atoms with E-state index in [2.05, 4.69) is 24.4 Å². The molecular formula is C16H22N2. The van der Waals surface area contributed by atoms with Gasteiger partial charge >= 0.3 is 0 Å². The molecule has 1 aliphatic carbocycles. The molecule has 1 saturated carbocycles. The van der Waals surface area contributed by atoms with Crippen LogP contribution in [0, 0.1) is 17.2 Å². The van der Waals surface area contributed by atoms with Crippen molar-refractivity contribution in [2.75, 3.05) is 0 Å². The van der Waals surface area contributed by atoms with Gasteiger partial charge in [-0.3, -0.25) is 0 Å². The SMILES string of the molecule is CCC1CCCC(NCc2cccc(C#N)c2)C1. The maximum absolute atomic E-state index is 8.88. The van der Waals surface area contributed by atoms with Crippen molar-refractivity contribution in [3.8, 4) is 6.07 Å². The highest BCUT2D eigenvalue weighted by atomic mass is 14.9. The maximum atomic E-state index is 8.88. The van der Waals surface area contributed by atoms with Crippen LogP contribution >= 0.6 is 0 Å². The molecule has 2 unspecified atom stereocenters. The molecule has 0 aromatic heterocycles. The number of nitriles is 1. The van der Waals surface area contributed by atoms with Crippen LogP contribution in [0.1, 0.15) is 50.2 Å². The van der Waals surface area contributed by atoms with Gasteiger partial charge in [-0.2, -0.15) is 5.26 Å². The predicted molar refractivity (Wildman–Crippen MR) is 74.0 cm³/mol. The van der Waals surface area contributed by atoms with Crippen LogP contribution in [0.4, 0.5) is 0 Å². The highest BCUT2D eigenvalue weighted by molar-refractivity contribution is 5.32. The summed E-state index contributed by atoms with van der Waals surface area (Å²) in [7, 11) is 0. The summed E-state index contributed by atoms with van der Waals surface area (Å²) in [6.45, 7) is 3.18. The van der Waals surface area contributed by atoms with Gasteiger partial charge in [-0.25, -0.2) is 0 Å². The normalized spacial score (nSPS) is 23.6. The number of hydrogen-bond acceptors (Lipinski definition) is 2. The molecule has 2 heteroatoms. The third-order valence-electron chi connectivity index (χ3n) is 4.01. The van der Waals surface area contributed by atoms with Gasteiger partial charge in [-0.05, 0) is 36.5 Å². The van der Waals surface area contributed by atoms with Crippen molar-refractivity contribution in [3.05, 3.63) is 35.4 Å². The zero-order valence-electron chi connectivity index (χ0n) is 11.2. The van der Waals surface area contributed by atoms with Crippen LogP contribution < -0.4 is 5.32 Å². The molecule has 1 aromatic rings. The van der Waals surface area contributed by atoms with E-state index in [1.807, 2.05) is 18.2 Å². The van der Waals surface area contributed by atoms with Crippen molar-refractivity contribution >= 4 is 0 Å². The second-order valence-corrected chi connectivity index (χ2v) is 5.33. The summed E-state index contributed by atoms with van der Waals surface area (Å²) in [5, 5.41) is 12.5. The molecule has 2 rings (SSSR count). The second kappa shape index (κ2) is 6.56. The van der Waals surface area contributed by atoms with E-state index in [1.54, 1.807) is 0 Å². The third kappa shape index (κ3) is 3.58. The monoisotopic (exact) mass is 242 g/mol. The third-order valence-corrected chi connectivity index (χ3v) is 4.01. The molecule has 1 aliphatic rings. The Hall–Kier alpha value is -1.33. The fraction of sp³-hybridized carbons (Fsp3) is 0.562. The fourth-order valence-electron chi connectivity index (χ4n) is 2.86. The number of hydrogen-bond donors (Lipinski definition) is 1. The zero-order valence-corrected chi connectivity index (χ0v) is 11.2. The molecule has 2 nitrogen and oxygen atoms in total. The minimum absolute atomic E-state index is 0.662. The number of nitrogens with zero attached hydrogens (tertiary/aromatic N) is 1. The van der Waals surface area contributed by atoms with Gasteiger partial charge < -0.3 is 5.32 Å². The topological polar surface area (TPSA) is 35.8 Å². The van der Waals surface area contributed by atoms with Gasteiger partial charge in [0.25, 0.3) is 0 Å². The Bertz CT molecular complexity index is 419. The molecule has 0 spiro atoms. The van der Waals surface area contributed by atoms with Crippen molar-refractivity contribution < 1.29 is 0 Å². The first kappa shape index (κ1) is 13.1. The molecule has 0 bridgehead atoms. The summed E-state index contributed by atoms with van der Waals surface area (Å²) in [5.74, 6) is 0.904. The lowest BCUT2D eigenvalue weighted by molar-refractivity contribution is 0.278. The van der Waals surface area contributed by atoms with E-state index in [1.165, 1.54) is 37.7 Å². The van der Waals surface area contributed by atoms with Crippen LogP contribution in [0.2, 0.25) is 0 Å². The lowest BCUT2D eigenvalue weighted by atomic mass is 9.84. The highest BCUT2D eigenvalue weighted by Gasteiger charge is 2.19. The summed E-state index contributed by atoms with van der Waals surface area (Å²) in [6, 6.07) is 10.7. The largest absolute Gasteiger partial charge is 0.310 e. The van der Waals surface area contributed by atoms with Crippen molar-refractivity contribution in [3.63, 3.8) is 0 Å². The second-order valence-electron chi connectivity index (χ2n) is 5.33. The van der Waals surface area contributed by atoms with Crippen LogP contribution in [0.15, 0.2) is 24.3 Å². The van der Waals surface area contributed by atoms with Gasteiger partial charge in [0.15, 0.2) is 0 Å². The molecule has 1 N–H and O–H groups in total. The first-order valence-corrected chi connectivity index (χ1v) is 7.04. The first-order chi connectivity index (χ1) is 8.81. The number of benzene rings is 1. The first-order valence-electron chi connectivity index (χ1n) is 7.04. The van der Waals surface area contributed by atoms with E-state index in [-0.39, 0.29) is 0 Å². The molecule has 0 radical (unpaired) electrons. The quantitative estimate of drug-likeness (QED) is 0.875.